The van der Waals surface area contributed by atoms with Crippen LogP contribution in [0.25, 0.3) is 0 Å². The van der Waals surface area contributed by atoms with Gasteiger partial charge in [0, 0.05) is 12.6 Å². The van der Waals surface area contributed by atoms with Crippen LogP contribution >= 0.6 is 0 Å². The van der Waals surface area contributed by atoms with E-state index in [1.54, 1.807) is 0 Å². The second-order valence-corrected chi connectivity index (χ2v) is 7.82. The van der Waals surface area contributed by atoms with Gasteiger partial charge in [0.2, 0.25) is 0 Å². The Bertz CT molecular complexity index is 252. The highest BCUT2D eigenvalue weighted by Gasteiger charge is 2.35. The van der Waals surface area contributed by atoms with Crippen LogP contribution in [0.5, 0.6) is 0 Å². The largest absolute Gasteiger partial charge is 0.313 e. The molecule has 112 valence electrons. The first-order valence-electron chi connectivity index (χ1n) is 8.87. The molecule has 0 heterocycles. The smallest absolute Gasteiger partial charge is 0.00699 e. The van der Waals surface area contributed by atoms with Gasteiger partial charge in [0.1, 0.15) is 0 Å². The van der Waals surface area contributed by atoms with Crippen LogP contribution in [0.3, 0.4) is 0 Å². The van der Waals surface area contributed by atoms with Crippen molar-refractivity contribution < 1.29 is 0 Å². The summed E-state index contributed by atoms with van der Waals surface area (Å²) in [4.78, 5) is 0. The summed E-state index contributed by atoms with van der Waals surface area (Å²) in [5.74, 6) is 1.85. The Morgan fingerprint density at radius 2 is 1.84 bits per heavy atom. The van der Waals surface area contributed by atoms with Gasteiger partial charge in [-0.15, -0.1) is 0 Å². The maximum Gasteiger partial charge on any atom is 0.00699 e. The maximum absolute atomic E-state index is 3.97. The number of hydrogen-bond donors (Lipinski definition) is 1. The van der Waals surface area contributed by atoms with Crippen molar-refractivity contribution in [3.8, 4) is 0 Å². The molecule has 19 heavy (non-hydrogen) atoms. The molecule has 1 heteroatoms. The fraction of sp³-hybridized carbons (Fsp3) is 1.00. The molecule has 0 saturated heterocycles. The molecule has 2 aliphatic carbocycles. The van der Waals surface area contributed by atoms with Gasteiger partial charge in [-0.05, 0) is 49.4 Å². The van der Waals surface area contributed by atoms with Crippen LogP contribution in [0.15, 0.2) is 0 Å². The van der Waals surface area contributed by atoms with Gasteiger partial charge in [0.25, 0.3) is 0 Å². The van der Waals surface area contributed by atoms with Crippen molar-refractivity contribution in [2.24, 2.45) is 17.3 Å². The zero-order chi connectivity index (χ0) is 13.7. The molecule has 1 nitrogen and oxygen atoms in total. The summed E-state index contributed by atoms with van der Waals surface area (Å²) in [6, 6.07) is 0.823. The molecule has 2 unspecified atom stereocenters. The molecule has 2 aliphatic rings. The monoisotopic (exact) mass is 265 g/mol. The van der Waals surface area contributed by atoms with Crippen LogP contribution < -0.4 is 5.32 Å². The molecule has 0 aromatic rings. The molecule has 0 spiro atoms. The maximum atomic E-state index is 3.97. The average Bonchev–Trinajstić information content (AvgIpc) is 2.85. The summed E-state index contributed by atoms with van der Waals surface area (Å²) in [6.45, 7) is 8.46. The van der Waals surface area contributed by atoms with Gasteiger partial charge < -0.3 is 5.32 Å². The fourth-order valence-corrected chi connectivity index (χ4v) is 4.65. The molecular formula is C18H35N. The second-order valence-electron chi connectivity index (χ2n) is 7.82. The van der Waals surface area contributed by atoms with Crippen molar-refractivity contribution in [3.05, 3.63) is 0 Å². The zero-order valence-corrected chi connectivity index (χ0v) is 13.5. The van der Waals surface area contributed by atoms with E-state index < -0.39 is 0 Å². The van der Waals surface area contributed by atoms with Gasteiger partial charge in [-0.1, -0.05) is 52.9 Å². The van der Waals surface area contributed by atoms with Crippen molar-refractivity contribution in [1.82, 2.24) is 5.32 Å². The third-order valence-corrected chi connectivity index (χ3v) is 5.63. The molecule has 0 bridgehead atoms. The minimum Gasteiger partial charge on any atom is -0.313 e. The predicted octanol–water partition coefficient (Wildman–Crippen LogP) is 5.15. The number of nitrogens with one attached hydrogen (secondary N) is 1. The van der Waals surface area contributed by atoms with Crippen LogP contribution in [0.4, 0.5) is 0 Å². The Kier molecular flexibility index (Phi) is 5.74. The van der Waals surface area contributed by atoms with Gasteiger partial charge in [-0.3, -0.25) is 0 Å². The summed E-state index contributed by atoms with van der Waals surface area (Å²) in [5, 5.41) is 3.97. The highest BCUT2D eigenvalue weighted by molar-refractivity contribution is 4.89. The van der Waals surface area contributed by atoms with E-state index in [0.717, 1.165) is 17.9 Å². The van der Waals surface area contributed by atoms with Crippen LogP contribution in [0.2, 0.25) is 0 Å². The molecule has 2 atom stereocenters. The topological polar surface area (TPSA) is 12.0 Å². The number of hydrogen-bond acceptors (Lipinski definition) is 1. The molecule has 0 aliphatic heterocycles. The fourth-order valence-electron chi connectivity index (χ4n) is 4.65. The Balaban J connectivity index is 1.81. The SMILES string of the molecule is CCC1CCCC(NCC2(CC(C)C)CCCC2)C1. The van der Waals surface area contributed by atoms with Gasteiger partial charge in [0.05, 0.1) is 0 Å². The zero-order valence-electron chi connectivity index (χ0n) is 13.5. The van der Waals surface area contributed by atoms with E-state index in [1.165, 1.54) is 70.8 Å². The lowest BCUT2D eigenvalue weighted by atomic mass is 9.77. The summed E-state index contributed by atoms with van der Waals surface area (Å²) < 4.78 is 0. The average molecular weight is 265 g/mol. The van der Waals surface area contributed by atoms with Crippen LogP contribution in [-0.2, 0) is 0 Å². The molecular weight excluding hydrogens is 230 g/mol. The number of rotatable bonds is 6. The van der Waals surface area contributed by atoms with Gasteiger partial charge >= 0.3 is 0 Å². The lowest BCUT2D eigenvalue weighted by Gasteiger charge is -2.36. The van der Waals surface area contributed by atoms with E-state index in [4.69, 9.17) is 0 Å². The summed E-state index contributed by atoms with van der Waals surface area (Å²) in [6.07, 6.45) is 14.5. The van der Waals surface area contributed by atoms with E-state index >= 15 is 0 Å². The van der Waals surface area contributed by atoms with E-state index in [9.17, 15) is 0 Å². The third-order valence-electron chi connectivity index (χ3n) is 5.63. The van der Waals surface area contributed by atoms with Crippen molar-refractivity contribution >= 4 is 0 Å². The minimum absolute atomic E-state index is 0.646. The van der Waals surface area contributed by atoms with Crippen LogP contribution in [0.1, 0.15) is 85.0 Å². The quantitative estimate of drug-likeness (QED) is 0.700. The standard InChI is InChI=1S/C18H35N/c1-4-16-8-7-9-17(12-16)19-14-18(13-15(2)3)10-5-6-11-18/h15-17,19H,4-14H2,1-3H3. The van der Waals surface area contributed by atoms with Crippen molar-refractivity contribution in [1.29, 1.82) is 0 Å². The summed E-state index contributed by atoms with van der Waals surface area (Å²) >= 11 is 0. The summed E-state index contributed by atoms with van der Waals surface area (Å²) in [5.41, 5.74) is 0.646. The van der Waals surface area contributed by atoms with Gasteiger partial charge in [0.15, 0.2) is 0 Å². The first-order chi connectivity index (χ1) is 9.13. The first-order valence-corrected chi connectivity index (χ1v) is 8.87. The molecule has 0 aromatic heterocycles. The molecule has 0 radical (unpaired) electrons. The Hall–Kier alpha value is -0.0400. The van der Waals surface area contributed by atoms with Crippen LogP contribution in [-0.4, -0.2) is 12.6 Å². The first kappa shape index (κ1) is 15.4. The molecule has 2 saturated carbocycles. The van der Waals surface area contributed by atoms with Crippen molar-refractivity contribution in [3.63, 3.8) is 0 Å². The lowest BCUT2D eigenvalue weighted by Crippen LogP contribution is -2.41. The van der Waals surface area contributed by atoms with Crippen LogP contribution in [0, 0.1) is 17.3 Å². The Morgan fingerprint density at radius 1 is 1.11 bits per heavy atom. The van der Waals surface area contributed by atoms with E-state index in [2.05, 4.69) is 26.1 Å². The second kappa shape index (κ2) is 7.11. The highest BCUT2D eigenvalue weighted by atomic mass is 14.9. The van der Waals surface area contributed by atoms with Gasteiger partial charge in [-0.25, -0.2) is 0 Å². The predicted molar refractivity (Wildman–Crippen MR) is 84.4 cm³/mol. The molecule has 2 rings (SSSR count). The lowest BCUT2D eigenvalue weighted by molar-refractivity contribution is 0.193. The Morgan fingerprint density at radius 3 is 2.47 bits per heavy atom. The van der Waals surface area contributed by atoms with E-state index in [0.29, 0.717) is 5.41 Å². The van der Waals surface area contributed by atoms with E-state index in [1.807, 2.05) is 0 Å². The minimum atomic E-state index is 0.646. The molecule has 2 fully saturated rings. The highest BCUT2D eigenvalue weighted by Crippen LogP contribution is 2.43. The normalized spacial score (nSPS) is 30.9. The van der Waals surface area contributed by atoms with Gasteiger partial charge in [-0.2, -0.15) is 0 Å². The molecule has 1 N–H and O–H groups in total. The van der Waals surface area contributed by atoms with E-state index in [-0.39, 0.29) is 0 Å². The summed E-state index contributed by atoms with van der Waals surface area (Å²) in [7, 11) is 0. The van der Waals surface area contributed by atoms with Crippen molar-refractivity contribution in [2.75, 3.05) is 6.54 Å². The van der Waals surface area contributed by atoms with Crippen molar-refractivity contribution in [2.45, 2.75) is 91.0 Å². The molecule has 0 amide bonds. The Labute approximate surface area is 120 Å². The third kappa shape index (κ3) is 4.48. The molecule has 0 aromatic carbocycles.